The maximum Gasteiger partial charge on any atom is 0.319 e. The van der Waals surface area contributed by atoms with Crippen LogP contribution in [-0.4, -0.2) is 89.5 Å². The molecule has 4 atom stereocenters. The van der Waals surface area contributed by atoms with E-state index in [1.54, 1.807) is 33.1 Å². The zero-order valence-electron chi connectivity index (χ0n) is 21.4. The molecule has 2 fully saturated rings. The van der Waals surface area contributed by atoms with E-state index in [2.05, 4.69) is 4.98 Å². The molecular formula is C22H33N5O8S2. The molecule has 3 unspecified atom stereocenters. The molecule has 37 heavy (non-hydrogen) atoms. The molecule has 0 aromatic carbocycles. The normalized spacial score (nSPS) is 24.1. The zero-order chi connectivity index (χ0) is 27.5. The van der Waals surface area contributed by atoms with Crippen molar-refractivity contribution in [2.75, 3.05) is 45.1 Å². The van der Waals surface area contributed by atoms with Gasteiger partial charge >= 0.3 is 11.9 Å². The summed E-state index contributed by atoms with van der Waals surface area (Å²) in [6.07, 6.45) is -1.10. The fourth-order valence-corrected chi connectivity index (χ4v) is 6.07. The van der Waals surface area contributed by atoms with E-state index in [4.69, 9.17) is 30.5 Å². The monoisotopic (exact) mass is 559 g/mol. The number of nitrogen functional groups attached to an aromatic ring is 1. The number of β-lactam (4-membered cyclic amide) rings is 1. The lowest BCUT2D eigenvalue weighted by Crippen LogP contribution is -2.76. The van der Waals surface area contributed by atoms with Crippen LogP contribution in [0.4, 0.5) is 5.13 Å². The van der Waals surface area contributed by atoms with Gasteiger partial charge in [0.2, 0.25) is 6.79 Å². The molecule has 2 aliphatic rings. The van der Waals surface area contributed by atoms with Crippen molar-refractivity contribution in [2.45, 2.75) is 45.2 Å². The van der Waals surface area contributed by atoms with Gasteiger partial charge in [0, 0.05) is 31.4 Å². The number of hydrazine groups is 1. The number of hydrogen-bond donors (Lipinski definition) is 2. The van der Waals surface area contributed by atoms with Crippen molar-refractivity contribution in [2.24, 2.45) is 16.7 Å². The Morgan fingerprint density at radius 3 is 2.59 bits per heavy atom. The fourth-order valence-electron chi connectivity index (χ4n) is 3.92. The lowest BCUT2D eigenvalue weighted by molar-refractivity contribution is -0.184. The highest BCUT2D eigenvalue weighted by Crippen LogP contribution is 2.44. The largest absolute Gasteiger partial charge is 0.427 e. The molecule has 3 rings (SSSR count). The molecule has 3 heterocycles. The average molecular weight is 560 g/mol. The Morgan fingerprint density at radius 2 is 2.03 bits per heavy atom. The van der Waals surface area contributed by atoms with E-state index in [1.807, 2.05) is 0 Å². The second-order valence-corrected chi connectivity index (χ2v) is 11.7. The molecule has 13 nitrogen and oxygen atoms in total. The van der Waals surface area contributed by atoms with Gasteiger partial charge in [0.05, 0.1) is 17.7 Å². The molecule has 1 aromatic heterocycles. The second-order valence-electron chi connectivity index (χ2n) is 9.75. The van der Waals surface area contributed by atoms with E-state index < -0.39 is 58.9 Å². The van der Waals surface area contributed by atoms with Crippen LogP contribution in [0.25, 0.3) is 0 Å². The van der Waals surface area contributed by atoms with E-state index >= 15 is 0 Å². The summed E-state index contributed by atoms with van der Waals surface area (Å²) in [7, 11) is 1.44. The summed E-state index contributed by atoms with van der Waals surface area (Å²) in [5.74, 6) is 4.15. The first-order chi connectivity index (χ1) is 17.4. The number of thioether (sulfide) groups is 1. The molecule has 15 heteroatoms. The Morgan fingerprint density at radius 1 is 1.32 bits per heavy atom. The number of hydrogen-bond acceptors (Lipinski definition) is 13. The number of rotatable bonds is 10. The molecule has 2 amide bonds. The highest BCUT2D eigenvalue weighted by Gasteiger charge is 2.60. The summed E-state index contributed by atoms with van der Waals surface area (Å²) in [5.41, 5.74) is 4.08. The van der Waals surface area contributed by atoms with Gasteiger partial charge in [0.25, 0.3) is 11.8 Å². The van der Waals surface area contributed by atoms with E-state index in [1.165, 1.54) is 23.8 Å². The van der Waals surface area contributed by atoms with E-state index in [9.17, 15) is 19.2 Å². The van der Waals surface area contributed by atoms with E-state index in [0.29, 0.717) is 5.69 Å². The predicted octanol–water partition coefficient (Wildman–Crippen LogP) is 0.512. The Bertz CT molecular complexity index is 1030. The second kappa shape index (κ2) is 11.5. The van der Waals surface area contributed by atoms with Crippen LogP contribution in [0.1, 0.15) is 39.5 Å². The number of carbonyl (C=O) groups is 4. The maximum atomic E-state index is 13.2. The summed E-state index contributed by atoms with van der Waals surface area (Å²) >= 11 is 2.45. The van der Waals surface area contributed by atoms with Crippen LogP contribution < -0.4 is 11.6 Å². The summed E-state index contributed by atoms with van der Waals surface area (Å²) < 4.78 is 21.1. The molecule has 0 saturated carbocycles. The molecular weight excluding hydrogens is 526 g/mol. The van der Waals surface area contributed by atoms with Gasteiger partial charge in [0.15, 0.2) is 17.3 Å². The minimum absolute atomic E-state index is 0.000566. The number of anilines is 1. The fraction of sp³-hybridized carbons (Fsp3) is 0.682. The third-order valence-electron chi connectivity index (χ3n) is 5.88. The molecule has 0 aliphatic carbocycles. The Kier molecular flexibility index (Phi) is 9.06. The number of fused-ring (bicyclic) bond motifs is 1. The number of thiazole rings is 1. The number of methoxy groups -OCH3 is 1. The highest BCUT2D eigenvalue weighted by molar-refractivity contribution is 8.00. The van der Waals surface area contributed by atoms with Gasteiger partial charge in [-0.15, -0.1) is 23.1 Å². The molecule has 0 bridgehead atoms. The predicted molar refractivity (Wildman–Crippen MR) is 134 cm³/mol. The van der Waals surface area contributed by atoms with Crippen molar-refractivity contribution in [1.82, 2.24) is 14.9 Å². The number of esters is 2. The number of amides is 2. The van der Waals surface area contributed by atoms with Gasteiger partial charge in [-0.05, 0) is 27.7 Å². The first kappa shape index (κ1) is 29.1. The zero-order valence-corrected chi connectivity index (χ0v) is 23.1. The Balaban J connectivity index is 1.67. The number of nitrogens with two attached hydrogens (primary N) is 2. The number of ether oxygens (including phenoxy) is 4. The third-order valence-corrected chi connectivity index (χ3v) is 8.15. The molecule has 2 aliphatic heterocycles. The first-order valence-corrected chi connectivity index (χ1v) is 13.4. The van der Waals surface area contributed by atoms with Crippen LogP contribution in [-0.2, 0) is 38.1 Å². The van der Waals surface area contributed by atoms with Gasteiger partial charge < -0.3 is 29.6 Å². The van der Waals surface area contributed by atoms with Crippen LogP contribution in [0, 0.1) is 10.8 Å². The quantitative estimate of drug-likeness (QED) is 0.102. The Hall–Kier alpha value is -2.46. The first-order valence-electron chi connectivity index (χ1n) is 11.5. The minimum Gasteiger partial charge on any atom is -0.427 e. The Labute approximate surface area is 223 Å². The van der Waals surface area contributed by atoms with Crippen LogP contribution in [0.5, 0.6) is 0 Å². The molecule has 2 saturated heterocycles. The van der Waals surface area contributed by atoms with Gasteiger partial charge in [-0.2, -0.15) is 0 Å². The van der Waals surface area contributed by atoms with Gasteiger partial charge in [-0.1, -0.05) is 0 Å². The standard InChI is InChI=1S/C22H33N5O8S2/c1-6-33-14(12-7-36-20(23)25-12)16(29)27(24)13-15(28)26-8-22(9-32-5,10-37-17(13)26)19(31)35-11-34-18(30)21(2,3)4/h7,13-14,17H,6,8-11,24H2,1-5H3,(H2,23,25)/t13?,14?,17-,22?/m1/s1. The summed E-state index contributed by atoms with van der Waals surface area (Å²) in [6, 6.07) is -0.944. The van der Waals surface area contributed by atoms with Crippen LogP contribution in [0.3, 0.4) is 0 Å². The molecule has 206 valence electrons. The van der Waals surface area contributed by atoms with Crippen molar-refractivity contribution in [3.8, 4) is 0 Å². The van der Waals surface area contributed by atoms with Gasteiger partial charge in [0.1, 0.15) is 10.8 Å². The number of carbonyl (C=O) groups excluding carboxylic acids is 4. The molecule has 4 N–H and O–H groups in total. The SMILES string of the molecule is CCOC(C(=O)N(N)C1C(=O)N2CC(COC)(C(=O)OCOC(=O)C(C)(C)C)CS[C@H]12)c1csc(N)n1. The summed E-state index contributed by atoms with van der Waals surface area (Å²) in [5, 5.41) is 2.29. The van der Waals surface area contributed by atoms with Crippen molar-refractivity contribution >= 4 is 52.0 Å². The smallest absolute Gasteiger partial charge is 0.319 e. The van der Waals surface area contributed by atoms with Crippen LogP contribution in [0.2, 0.25) is 0 Å². The number of aromatic nitrogens is 1. The topological polar surface area (TPSA) is 177 Å². The van der Waals surface area contributed by atoms with Crippen molar-refractivity contribution in [3.05, 3.63) is 11.1 Å². The highest BCUT2D eigenvalue weighted by atomic mass is 32.2. The number of nitrogens with zero attached hydrogens (tertiary/aromatic N) is 3. The summed E-state index contributed by atoms with van der Waals surface area (Å²) in [6.45, 7) is 6.43. The minimum atomic E-state index is -1.18. The van der Waals surface area contributed by atoms with Gasteiger partial charge in [-0.3, -0.25) is 24.2 Å². The van der Waals surface area contributed by atoms with Crippen molar-refractivity contribution in [3.63, 3.8) is 0 Å². The average Bonchev–Trinajstić information content (AvgIpc) is 3.27. The third kappa shape index (κ3) is 6.00. The van der Waals surface area contributed by atoms with Gasteiger partial charge in [-0.25, -0.2) is 10.8 Å². The molecule has 0 radical (unpaired) electrons. The van der Waals surface area contributed by atoms with Crippen molar-refractivity contribution in [1.29, 1.82) is 0 Å². The maximum absolute atomic E-state index is 13.2. The lowest BCUT2D eigenvalue weighted by Gasteiger charge is -2.55. The van der Waals surface area contributed by atoms with E-state index in [0.717, 1.165) is 16.3 Å². The van der Waals surface area contributed by atoms with E-state index in [-0.39, 0.29) is 30.6 Å². The van der Waals surface area contributed by atoms with Crippen molar-refractivity contribution < 1.29 is 38.1 Å². The van der Waals surface area contributed by atoms with Crippen LogP contribution >= 0.6 is 23.1 Å². The molecule has 1 aromatic rings. The summed E-state index contributed by atoms with van der Waals surface area (Å²) in [4.78, 5) is 56.8. The van der Waals surface area contributed by atoms with Crippen LogP contribution in [0.15, 0.2) is 5.38 Å². The molecule has 0 spiro atoms. The lowest BCUT2D eigenvalue weighted by atomic mass is 9.88.